The molecule has 7 aromatic carbocycles. The first kappa shape index (κ1) is 30.4. The van der Waals surface area contributed by atoms with Crippen molar-refractivity contribution in [2.24, 2.45) is 0 Å². The van der Waals surface area contributed by atoms with E-state index in [1.807, 2.05) is 42.5 Å². The van der Waals surface area contributed by atoms with Gasteiger partial charge in [-0.2, -0.15) is 5.26 Å². The van der Waals surface area contributed by atoms with E-state index < -0.39 is 0 Å². The first-order valence-corrected chi connectivity index (χ1v) is 16.7. The summed E-state index contributed by atoms with van der Waals surface area (Å²) in [5, 5.41) is 10.5. The molecule has 1 aromatic heterocycles. The predicted octanol–water partition coefficient (Wildman–Crippen LogP) is 12.5. The number of hydrogen-bond donors (Lipinski definition) is 0. The van der Waals surface area contributed by atoms with E-state index in [9.17, 15) is 5.26 Å². The van der Waals surface area contributed by atoms with Crippen LogP contribution in [0.25, 0.3) is 51.1 Å². The summed E-state index contributed by atoms with van der Waals surface area (Å²) in [7, 11) is 0. The van der Waals surface area contributed by atoms with Gasteiger partial charge in [-0.15, -0.1) is 0 Å². The summed E-state index contributed by atoms with van der Waals surface area (Å²) < 4.78 is 2.39. The van der Waals surface area contributed by atoms with Crippen molar-refractivity contribution < 1.29 is 0 Å². The molecule has 8 aromatic rings. The fourth-order valence-electron chi connectivity index (χ4n) is 6.66. The van der Waals surface area contributed by atoms with Crippen molar-refractivity contribution in [2.45, 2.75) is 0 Å². The number of nitrogens with zero attached hydrogens (tertiary/aromatic N) is 3. The quantitative estimate of drug-likeness (QED) is 0.155. The van der Waals surface area contributed by atoms with Gasteiger partial charge in [-0.25, -0.2) is 0 Å². The van der Waals surface area contributed by atoms with Crippen LogP contribution in [0.3, 0.4) is 0 Å². The van der Waals surface area contributed by atoms with Gasteiger partial charge in [0.05, 0.1) is 22.8 Å². The minimum Gasteiger partial charge on any atom is -0.311 e. The minimum atomic E-state index is 0.643. The standard InChI is InChI=1S/C47H33N3/c48-34-37-25-30-43(31-26-37)49(40-17-9-3-10-18-40)42-28-23-35(24-29-42)21-22-36-27-32-45-44(33-36)46(38-13-5-1-6-14-38)47(39-15-7-2-8-16-39)50(45)41-19-11-4-12-20-41/h1-33H/b22-21+. The number of rotatable bonds is 8. The van der Waals surface area contributed by atoms with Crippen LogP contribution in [-0.2, 0) is 0 Å². The van der Waals surface area contributed by atoms with Gasteiger partial charge in [-0.1, -0.05) is 127 Å². The van der Waals surface area contributed by atoms with Crippen molar-refractivity contribution in [3.05, 3.63) is 205 Å². The average molecular weight is 640 g/mol. The third-order valence-electron chi connectivity index (χ3n) is 9.00. The molecule has 3 nitrogen and oxygen atoms in total. The predicted molar refractivity (Wildman–Crippen MR) is 209 cm³/mol. The van der Waals surface area contributed by atoms with Crippen LogP contribution in [0.2, 0.25) is 0 Å². The Morgan fingerprint density at radius 1 is 0.480 bits per heavy atom. The van der Waals surface area contributed by atoms with Gasteiger partial charge < -0.3 is 9.47 Å². The second-order valence-corrected chi connectivity index (χ2v) is 12.2. The number of nitriles is 1. The van der Waals surface area contributed by atoms with Crippen LogP contribution in [0.15, 0.2) is 188 Å². The van der Waals surface area contributed by atoms with E-state index in [0.29, 0.717) is 5.56 Å². The summed E-state index contributed by atoms with van der Waals surface area (Å²) in [5.74, 6) is 0. The zero-order valence-corrected chi connectivity index (χ0v) is 27.4. The largest absolute Gasteiger partial charge is 0.311 e. The Hall–Kier alpha value is -6.89. The Kier molecular flexibility index (Phi) is 8.33. The number of hydrogen-bond acceptors (Lipinski definition) is 2. The highest BCUT2D eigenvalue weighted by atomic mass is 15.1. The molecule has 0 saturated carbocycles. The zero-order chi connectivity index (χ0) is 33.7. The monoisotopic (exact) mass is 639 g/mol. The molecular weight excluding hydrogens is 607 g/mol. The van der Waals surface area contributed by atoms with Gasteiger partial charge >= 0.3 is 0 Å². The Bertz CT molecular complexity index is 2440. The van der Waals surface area contributed by atoms with E-state index in [1.54, 1.807) is 0 Å². The number of anilines is 3. The lowest BCUT2D eigenvalue weighted by atomic mass is 9.97. The summed E-state index contributed by atoms with van der Waals surface area (Å²) in [6.45, 7) is 0. The zero-order valence-electron chi connectivity index (χ0n) is 27.4. The Morgan fingerprint density at radius 2 is 0.980 bits per heavy atom. The highest BCUT2D eigenvalue weighted by Crippen LogP contribution is 2.43. The second-order valence-electron chi connectivity index (χ2n) is 12.2. The normalized spacial score (nSPS) is 11.1. The fraction of sp³-hybridized carbons (Fsp3) is 0. The van der Waals surface area contributed by atoms with E-state index in [4.69, 9.17) is 0 Å². The maximum atomic E-state index is 9.32. The van der Waals surface area contributed by atoms with Crippen LogP contribution in [0.5, 0.6) is 0 Å². The third-order valence-corrected chi connectivity index (χ3v) is 9.00. The Labute approximate surface area is 292 Å². The number of para-hydroxylation sites is 2. The number of benzene rings is 7. The summed E-state index contributed by atoms with van der Waals surface area (Å²) in [6.07, 6.45) is 4.37. The molecular formula is C47H33N3. The summed E-state index contributed by atoms with van der Waals surface area (Å²) >= 11 is 0. The van der Waals surface area contributed by atoms with Crippen molar-refractivity contribution in [2.75, 3.05) is 4.90 Å². The molecule has 0 atom stereocenters. The highest BCUT2D eigenvalue weighted by Gasteiger charge is 2.21. The SMILES string of the molecule is N#Cc1ccc(N(c2ccccc2)c2ccc(/C=C/c3ccc4c(c3)c(-c3ccccc3)c(-c3ccccc3)n4-c3ccccc3)cc2)cc1. The van der Waals surface area contributed by atoms with Crippen LogP contribution < -0.4 is 4.90 Å². The second kappa shape index (κ2) is 13.7. The minimum absolute atomic E-state index is 0.643. The van der Waals surface area contributed by atoms with Gasteiger partial charge in [0.25, 0.3) is 0 Å². The molecule has 0 unspecified atom stereocenters. The number of aromatic nitrogens is 1. The molecule has 0 radical (unpaired) electrons. The van der Waals surface area contributed by atoms with Crippen LogP contribution in [0, 0.1) is 11.3 Å². The van der Waals surface area contributed by atoms with Crippen molar-refractivity contribution in [3.63, 3.8) is 0 Å². The maximum Gasteiger partial charge on any atom is 0.0991 e. The average Bonchev–Trinajstić information content (AvgIpc) is 3.54. The number of fused-ring (bicyclic) bond motifs is 1. The topological polar surface area (TPSA) is 32.0 Å². The van der Waals surface area contributed by atoms with E-state index in [1.165, 1.54) is 33.3 Å². The van der Waals surface area contributed by atoms with Crippen LogP contribution in [0.4, 0.5) is 17.1 Å². The molecule has 0 aliphatic carbocycles. The van der Waals surface area contributed by atoms with Crippen LogP contribution in [0.1, 0.15) is 16.7 Å². The van der Waals surface area contributed by atoms with Crippen molar-refractivity contribution >= 4 is 40.1 Å². The lowest BCUT2D eigenvalue weighted by Crippen LogP contribution is -2.09. The summed E-state index contributed by atoms with van der Waals surface area (Å²) in [5.41, 5.74) is 13.0. The van der Waals surface area contributed by atoms with Gasteiger partial charge in [-0.05, 0) is 95.1 Å². The molecule has 3 heteroatoms. The lowest BCUT2D eigenvalue weighted by Gasteiger charge is -2.25. The molecule has 0 aliphatic rings. The van der Waals surface area contributed by atoms with E-state index >= 15 is 0 Å². The van der Waals surface area contributed by atoms with Crippen molar-refractivity contribution in [1.82, 2.24) is 4.57 Å². The van der Waals surface area contributed by atoms with E-state index in [-0.39, 0.29) is 0 Å². The van der Waals surface area contributed by atoms with Crippen molar-refractivity contribution in [1.29, 1.82) is 5.26 Å². The van der Waals surface area contributed by atoms with E-state index in [0.717, 1.165) is 33.9 Å². The lowest BCUT2D eigenvalue weighted by molar-refractivity contribution is 1.13. The fourth-order valence-corrected chi connectivity index (χ4v) is 6.66. The molecule has 0 amide bonds. The van der Waals surface area contributed by atoms with Gasteiger partial charge in [-0.3, -0.25) is 0 Å². The Morgan fingerprint density at radius 3 is 1.60 bits per heavy atom. The smallest absolute Gasteiger partial charge is 0.0991 e. The van der Waals surface area contributed by atoms with Crippen LogP contribution in [-0.4, -0.2) is 4.57 Å². The maximum absolute atomic E-state index is 9.32. The third kappa shape index (κ3) is 5.99. The summed E-state index contributed by atoms with van der Waals surface area (Å²) in [6, 6.07) is 67.6. The molecule has 50 heavy (non-hydrogen) atoms. The molecule has 8 rings (SSSR count). The van der Waals surface area contributed by atoms with Gasteiger partial charge in [0.2, 0.25) is 0 Å². The molecule has 236 valence electrons. The molecule has 0 fully saturated rings. The first-order chi connectivity index (χ1) is 24.8. The molecule has 0 saturated heterocycles. The molecule has 0 N–H and O–H groups in total. The van der Waals surface area contributed by atoms with Gasteiger partial charge in [0.15, 0.2) is 0 Å². The molecule has 0 aliphatic heterocycles. The molecule has 0 bridgehead atoms. The summed E-state index contributed by atoms with van der Waals surface area (Å²) in [4.78, 5) is 2.20. The van der Waals surface area contributed by atoms with Gasteiger partial charge in [0, 0.05) is 33.7 Å². The molecule has 0 spiro atoms. The molecule has 1 heterocycles. The van der Waals surface area contributed by atoms with E-state index in [2.05, 4.69) is 173 Å². The first-order valence-electron chi connectivity index (χ1n) is 16.7. The van der Waals surface area contributed by atoms with Crippen LogP contribution >= 0.6 is 0 Å². The van der Waals surface area contributed by atoms with Crippen molar-refractivity contribution in [3.8, 4) is 34.1 Å². The Balaban J connectivity index is 1.19. The highest BCUT2D eigenvalue weighted by molar-refractivity contribution is 6.06. The van der Waals surface area contributed by atoms with Gasteiger partial charge in [0.1, 0.15) is 0 Å².